The predicted molar refractivity (Wildman–Crippen MR) is 93.7 cm³/mol. The summed E-state index contributed by atoms with van der Waals surface area (Å²) >= 11 is 3.31. The minimum Gasteiger partial charge on any atom is -0.325 e. The number of aryl methyl sites for hydroxylation is 1. The number of halogens is 1. The zero-order valence-corrected chi connectivity index (χ0v) is 15.1. The summed E-state index contributed by atoms with van der Waals surface area (Å²) in [5.74, 6) is -0.432. The second-order valence-electron chi connectivity index (χ2n) is 5.16. The van der Waals surface area contributed by atoms with Gasteiger partial charge in [0.2, 0.25) is 15.9 Å². The van der Waals surface area contributed by atoms with Crippen molar-refractivity contribution in [2.75, 3.05) is 5.32 Å². The molecule has 1 atom stereocenters. The Morgan fingerprint density at radius 2 is 1.78 bits per heavy atom. The van der Waals surface area contributed by atoms with Crippen LogP contribution in [0.2, 0.25) is 0 Å². The van der Waals surface area contributed by atoms with Gasteiger partial charge in [-0.15, -0.1) is 0 Å². The molecule has 2 aromatic carbocycles. The molecule has 0 saturated carbocycles. The van der Waals surface area contributed by atoms with E-state index in [0.717, 1.165) is 10.0 Å². The average Bonchev–Trinajstić information content (AvgIpc) is 2.47. The molecule has 0 bridgehead atoms. The number of carbonyl (C=O) groups excluding carboxylic acids is 1. The molecule has 0 heterocycles. The minimum atomic E-state index is -3.74. The van der Waals surface area contributed by atoms with E-state index in [1.165, 1.54) is 19.1 Å². The second kappa shape index (κ2) is 7.25. The fourth-order valence-corrected chi connectivity index (χ4v) is 3.49. The van der Waals surface area contributed by atoms with Crippen LogP contribution in [-0.2, 0) is 14.8 Å². The Hall–Kier alpha value is -1.70. The fraction of sp³-hybridized carbons (Fsp3) is 0.188. The van der Waals surface area contributed by atoms with Gasteiger partial charge in [-0.3, -0.25) is 4.79 Å². The Morgan fingerprint density at radius 3 is 2.39 bits per heavy atom. The van der Waals surface area contributed by atoms with Gasteiger partial charge in [-0.2, -0.15) is 4.72 Å². The fourth-order valence-electron chi connectivity index (χ4n) is 1.89. The van der Waals surface area contributed by atoms with E-state index in [4.69, 9.17) is 0 Å². The molecular weight excluding hydrogens is 380 g/mol. The molecule has 5 nitrogen and oxygen atoms in total. The first-order chi connectivity index (χ1) is 10.8. The molecule has 1 amide bonds. The third kappa shape index (κ3) is 4.89. The summed E-state index contributed by atoms with van der Waals surface area (Å²) < 4.78 is 27.7. The van der Waals surface area contributed by atoms with Crippen LogP contribution >= 0.6 is 15.9 Å². The predicted octanol–water partition coefficient (Wildman–Crippen LogP) is 3.06. The van der Waals surface area contributed by atoms with Crippen molar-refractivity contribution in [2.24, 2.45) is 0 Å². The highest BCUT2D eigenvalue weighted by Gasteiger charge is 2.22. The van der Waals surface area contributed by atoms with Crippen LogP contribution in [0.5, 0.6) is 0 Å². The number of benzene rings is 2. The van der Waals surface area contributed by atoms with Gasteiger partial charge in [0.05, 0.1) is 10.9 Å². The van der Waals surface area contributed by atoms with E-state index < -0.39 is 22.0 Å². The van der Waals surface area contributed by atoms with Crippen LogP contribution in [0.3, 0.4) is 0 Å². The summed E-state index contributed by atoms with van der Waals surface area (Å²) in [5.41, 5.74) is 1.55. The maximum Gasteiger partial charge on any atom is 0.242 e. The molecule has 0 aromatic heterocycles. The number of sulfonamides is 1. The standard InChI is InChI=1S/C16H17BrN2O3S/c1-11-6-8-15(9-7-11)23(21,22)19-12(2)16(20)18-14-5-3-4-13(17)10-14/h3-10,12,19H,1-2H3,(H,18,20)/t12-/m0/s1. The number of nitrogens with one attached hydrogen (secondary N) is 2. The molecular formula is C16H17BrN2O3S. The molecule has 2 aromatic rings. The van der Waals surface area contributed by atoms with E-state index in [2.05, 4.69) is 26.0 Å². The first kappa shape index (κ1) is 17.7. The first-order valence-electron chi connectivity index (χ1n) is 6.93. The van der Waals surface area contributed by atoms with E-state index in [0.29, 0.717) is 5.69 Å². The molecule has 0 saturated heterocycles. The highest BCUT2D eigenvalue weighted by Crippen LogP contribution is 2.16. The molecule has 2 N–H and O–H groups in total. The Balaban J connectivity index is 2.06. The quantitative estimate of drug-likeness (QED) is 0.815. The number of hydrogen-bond donors (Lipinski definition) is 2. The number of amides is 1. The van der Waals surface area contributed by atoms with Gasteiger partial charge in [0, 0.05) is 10.2 Å². The van der Waals surface area contributed by atoms with E-state index in [-0.39, 0.29) is 4.90 Å². The van der Waals surface area contributed by atoms with Gasteiger partial charge in [-0.25, -0.2) is 8.42 Å². The normalized spacial score (nSPS) is 12.7. The van der Waals surface area contributed by atoms with Crippen LogP contribution in [-0.4, -0.2) is 20.4 Å². The van der Waals surface area contributed by atoms with Crippen molar-refractivity contribution in [3.05, 3.63) is 58.6 Å². The van der Waals surface area contributed by atoms with Gasteiger partial charge < -0.3 is 5.32 Å². The molecule has 0 fully saturated rings. The maximum absolute atomic E-state index is 12.3. The van der Waals surface area contributed by atoms with Crippen LogP contribution in [0.1, 0.15) is 12.5 Å². The molecule has 0 radical (unpaired) electrons. The van der Waals surface area contributed by atoms with Gasteiger partial charge in [0.1, 0.15) is 0 Å². The topological polar surface area (TPSA) is 75.3 Å². The Labute approximate surface area is 144 Å². The van der Waals surface area contributed by atoms with Gasteiger partial charge in [0.25, 0.3) is 0 Å². The number of rotatable bonds is 5. The second-order valence-corrected chi connectivity index (χ2v) is 7.79. The molecule has 0 unspecified atom stereocenters. The lowest BCUT2D eigenvalue weighted by atomic mass is 10.2. The zero-order chi connectivity index (χ0) is 17.0. The van der Waals surface area contributed by atoms with Crippen molar-refractivity contribution in [1.29, 1.82) is 0 Å². The molecule has 2 rings (SSSR count). The van der Waals surface area contributed by atoms with Crippen LogP contribution in [0.25, 0.3) is 0 Å². The molecule has 0 aliphatic rings. The first-order valence-corrected chi connectivity index (χ1v) is 9.21. The van der Waals surface area contributed by atoms with Crippen molar-refractivity contribution in [2.45, 2.75) is 24.8 Å². The highest BCUT2D eigenvalue weighted by molar-refractivity contribution is 9.10. The third-order valence-electron chi connectivity index (χ3n) is 3.15. The Kier molecular flexibility index (Phi) is 5.56. The largest absolute Gasteiger partial charge is 0.325 e. The Bertz CT molecular complexity index is 804. The third-order valence-corrected chi connectivity index (χ3v) is 5.20. The highest BCUT2D eigenvalue weighted by atomic mass is 79.9. The number of hydrogen-bond acceptors (Lipinski definition) is 3. The lowest BCUT2D eigenvalue weighted by Crippen LogP contribution is -2.41. The van der Waals surface area contributed by atoms with E-state index in [1.807, 2.05) is 13.0 Å². The van der Waals surface area contributed by atoms with Crippen LogP contribution in [0.15, 0.2) is 57.9 Å². The number of carbonyl (C=O) groups is 1. The Morgan fingerprint density at radius 1 is 1.13 bits per heavy atom. The molecule has 23 heavy (non-hydrogen) atoms. The summed E-state index contributed by atoms with van der Waals surface area (Å²) in [6.07, 6.45) is 0. The average molecular weight is 397 g/mol. The summed E-state index contributed by atoms with van der Waals surface area (Å²) in [7, 11) is -3.74. The zero-order valence-electron chi connectivity index (χ0n) is 12.7. The van der Waals surface area contributed by atoms with Crippen molar-refractivity contribution < 1.29 is 13.2 Å². The van der Waals surface area contributed by atoms with Crippen molar-refractivity contribution in [1.82, 2.24) is 4.72 Å². The van der Waals surface area contributed by atoms with E-state index in [9.17, 15) is 13.2 Å². The SMILES string of the molecule is Cc1ccc(S(=O)(=O)N[C@@H](C)C(=O)Nc2cccc(Br)c2)cc1. The van der Waals surface area contributed by atoms with Gasteiger partial charge >= 0.3 is 0 Å². The molecule has 0 aliphatic carbocycles. The molecule has 7 heteroatoms. The molecule has 0 spiro atoms. The molecule has 122 valence electrons. The van der Waals surface area contributed by atoms with Crippen LogP contribution < -0.4 is 10.0 Å². The smallest absolute Gasteiger partial charge is 0.242 e. The summed E-state index contributed by atoms with van der Waals surface area (Å²) in [6.45, 7) is 3.37. The summed E-state index contributed by atoms with van der Waals surface area (Å²) in [6, 6.07) is 12.6. The minimum absolute atomic E-state index is 0.130. The lowest BCUT2D eigenvalue weighted by molar-refractivity contribution is -0.117. The summed E-state index contributed by atoms with van der Waals surface area (Å²) in [4.78, 5) is 12.3. The van der Waals surface area contributed by atoms with Gasteiger partial charge in [-0.05, 0) is 44.2 Å². The van der Waals surface area contributed by atoms with Crippen molar-refractivity contribution >= 4 is 37.5 Å². The van der Waals surface area contributed by atoms with Crippen molar-refractivity contribution in [3.63, 3.8) is 0 Å². The lowest BCUT2D eigenvalue weighted by Gasteiger charge is -2.14. The van der Waals surface area contributed by atoms with Crippen molar-refractivity contribution in [3.8, 4) is 0 Å². The maximum atomic E-state index is 12.3. The van der Waals surface area contributed by atoms with Crippen LogP contribution in [0.4, 0.5) is 5.69 Å². The van der Waals surface area contributed by atoms with Gasteiger partial charge in [-0.1, -0.05) is 39.7 Å². The van der Waals surface area contributed by atoms with E-state index in [1.54, 1.807) is 30.3 Å². The molecule has 0 aliphatic heterocycles. The number of anilines is 1. The monoisotopic (exact) mass is 396 g/mol. The van der Waals surface area contributed by atoms with E-state index >= 15 is 0 Å². The van der Waals surface area contributed by atoms with Crippen LogP contribution in [0, 0.1) is 6.92 Å². The van der Waals surface area contributed by atoms with Gasteiger partial charge in [0.15, 0.2) is 0 Å². The summed E-state index contributed by atoms with van der Waals surface area (Å²) in [5, 5.41) is 2.67.